The molecule has 0 aromatic heterocycles. The average molecular weight is 357 g/mol. The number of carbonyl (C=O) groups is 2. The Hall–Kier alpha value is -1.50. The summed E-state index contributed by atoms with van der Waals surface area (Å²) in [6.45, 7) is 13.4. The first kappa shape index (κ1) is 21.5. The van der Waals surface area contributed by atoms with Gasteiger partial charge in [0.25, 0.3) is 0 Å². The Kier molecular flexibility index (Phi) is 7.53. The Morgan fingerprint density at radius 2 is 1.68 bits per heavy atom. The van der Waals surface area contributed by atoms with Gasteiger partial charge >= 0.3 is 12.2 Å². The minimum Gasteiger partial charge on any atom is -0.444 e. The molecule has 7 nitrogen and oxygen atoms in total. The highest BCUT2D eigenvalue weighted by Gasteiger charge is 2.37. The number of amides is 2. The van der Waals surface area contributed by atoms with Crippen LogP contribution in [0.2, 0.25) is 0 Å². The number of ether oxygens (including phenoxy) is 2. The van der Waals surface area contributed by atoms with Gasteiger partial charge in [-0.25, -0.2) is 9.59 Å². The van der Waals surface area contributed by atoms with E-state index in [4.69, 9.17) is 15.2 Å². The maximum absolute atomic E-state index is 12.5. The van der Waals surface area contributed by atoms with Crippen LogP contribution >= 0.6 is 0 Å². The number of likely N-dealkylation sites (tertiary alicyclic amines) is 1. The van der Waals surface area contributed by atoms with E-state index in [-0.39, 0.29) is 18.2 Å². The van der Waals surface area contributed by atoms with Gasteiger partial charge in [0.05, 0.1) is 6.04 Å². The lowest BCUT2D eigenvalue weighted by atomic mass is 10.0. The molecule has 1 heterocycles. The third kappa shape index (κ3) is 7.94. The lowest BCUT2D eigenvalue weighted by molar-refractivity contribution is -0.0184. The Balaban J connectivity index is 2.66. The molecule has 1 rings (SSSR count). The van der Waals surface area contributed by atoms with Crippen molar-refractivity contribution in [3.8, 4) is 0 Å². The van der Waals surface area contributed by atoms with Gasteiger partial charge in [-0.05, 0) is 67.3 Å². The average Bonchev–Trinajstić information content (AvgIpc) is 2.36. The molecule has 2 amide bonds. The second-order valence-corrected chi connectivity index (χ2v) is 8.54. The third-order valence-electron chi connectivity index (χ3n) is 3.74. The van der Waals surface area contributed by atoms with Gasteiger partial charge in [0.2, 0.25) is 0 Å². The number of nitrogens with two attached hydrogens (primary N) is 1. The molecule has 1 atom stereocenters. The monoisotopic (exact) mass is 357 g/mol. The van der Waals surface area contributed by atoms with E-state index in [9.17, 15) is 9.59 Å². The summed E-state index contributed by atoms with van der Waals surface area (Å²) in [5.41, 5.74) is 4.48. The van der Waals surface area contributed by atoms with Crippen molar-refractivity contribution < 1.29 is 19.1 Å². The van der Waals surface area contributed by atoms with Crippen LogP contribution in [0.25, 0.3) is 0 Å². The van der Waals surface area contributed by atoms with Gasteiger partial charge < -0.3 is 25.0 Å². The SMILES string of the molecule is CC(C)(C)OC(=O)N(CCCCN)CC1CCN1C(=O)OC(C)(C)C. The summed E-state index contributed by atoms with van der Waals surface area (Å²) in [4.78, 5) is 28.1. The van der Waals surface area contributed by atoms with Gasteiger partial charge in [-0.2, -0.15) is 0 Å². The molecule has 1 fully saturated rings. The molecule has 0 spiro atoms. The molecule has 1 aliphatic rings. The quantitative estimate of drug-likeness (QED) is 0.739. The Morgan fingerprint density at radius 1 is 1.08 bits per heavy atom. The van der Waals surface area contributed by atoms with E-state index in [0.29, 0.717) is 26.2 Å². The molecule has 0 bridgehead atoms. The van der Waals surface area contributed by atoms with Crippen LogP contribution in [0.1, 0.15) is 60.8 Å². The first-order chi connectivity index (χ1) is 11.4. The van der Waals surface area contributed by atoms with Crippen LogP contribution in [0.5, 0.6) is 0 Å². The Labute approximate surface area is 151 Å². The van der Waals surface area contributed by atoms with Gasteiger partial charge in [-0.1, -0.05) is 0 Å². The van der Waals surface area contributed by atoms with Gasteiger partial charge in [-0.3, -0.25) is 0 Å². The number of rotatable bonds is 6. The van der Waals surface area contributed by atoms with E-state index in [1.54, 1.807) is 9.80 Å². The molecule has 0 aromatic rings. The van der Waals surface area contributed by atoms with E-state index in [1.807, 2.05) is 41.5 Å². The number of unbranched alkanes of at least 4 members (excludes halogenated alkanes) is 1. The van der Waals surface area contributed by atoms with Crippen molar-refractivity contribution in [1.29, 1.82) is 0 Å². The number of carbonyl (C=O) groups excluding carboxylic acids is 2. The molecular formula is C18H35N3O4. The minimum absolute atomic E-state index is 0.0276. The summed E-state index contributed by atoms with van der Waals surface area (Å²) >= 11 is 0. The molecule has 0 saturated carbocycles. The van der Waals surface area contributed by atoms with E-state index < -0.39 is 11.2 Å². The van der Waals surface area contributed by atoms with Crippen molar-refractivity contribution in [2.24, 2.45) is 5.73 Å². The summed E-state index contributed by atoms with van der Waals surface area (Å²) in [5, 5.41) is 0. The Morgan fingerprint density at radius 3 is 2.12 bits per heavy atom. The second kappa shape index (κ2) is 8.74. The van der Waals surface area contributed by atoms with Gasteiger partial charge in [0.15, 0.2) is 0 Å². The molecule has 0 radical (unpaired) electrons. The highest BCUT2D eigenvalue weighted by molar-refractivity contribution is 5.70. The van der Waals surface area contributed by atoms with Gasteiger partial charge in [0.1, 0.15) is 11.2 Å². The first-order valence-electron chi connectivity index (χ1n) is 9.10. The fourth-order valence-electron chi connectivity index (χ4n) is 2.48. The largest absolute Gasteiger partial charge is 0.444 e. The molecule has 25 heavy (non-hydrogen) atoms. The maximum Gasteiger partial charge on any atom is 0.410 e. The van der Waals surface area contributed by atoms with Crippen LogP contribution in [0.15, 0.2) is 0 Å². The summed E-state index contributed by atoms with van der Waals surface area (Å²) < 4.78 is 10.9. The zero-order chi connectivity index (χ0) is 19.3. The van der Waals surface area contributed by atoms with E-state index in [2.05, 4.69) is 0 Å². The van der Waals surface area contributed by atoms with Crippen molar-refractivity contribution in [1.82, 2.24) is 9.80 Å². The molecule has 0 aliphatic carbocycles. The molecular weight excluding hydrogens is 322 g/mol. The van der Waals surface area contributed by atoms with Crippen LogP contribution in [-0.2, 0) is 9.47 Å². The van der Waals surface area contributed by atoms with Crippen molar-refractivity contribution in [2.75, 3.05) is 26.2 Å². The zero-order valence-corrected chi connectivity index (χ0v) is 16.6. The van der Waals surface area contributed by atoms with Crippen LogP contribution in [0.3, 0.4) is 0 Å². The molecule has 146 valence electrons. The van der Waals surface area contributed by atoms with E-state index >= 15 is 0 Å². The lowest BCUT2D eigenvalue weighted by Gasteiger charge is -2.43. The van der Waals surface area contributed by atoms with Gasteiger partial charge in [0, 0.05) is 19.6 Å². The summed E-state index contributed by atoms with van der Waals surface area (Å²) in [6.07, 6.45) is 1.85. The van der Waals surface area contributed by atoms with Crippen LogP contribution in [-0.4, -0.2) is 65.4 Å². The van der Waals surface area contributed by atoms with E-state index in [1.165, 1.54) is 0 Å². The lowest BCUT2D eigenvalue weighted by Crippen LogP contribution is -2.58. The normalized spacial score (nSPS) is 17.7. The summed E-state index contributed by atoms with van der Waals surface area (Å²) in [7, 11) is 0. The standard InChI is InChI=1S/C18H35N3O4/c1-17(2,3)24-15(22)20(11-8-7-10-19)13-14-9-12-21(14)16(23)25-18(4,5)6/h14H,7-13,19H2,1-6H3. The van der Waals surface area contributed by atoms with Crippen molar-refractivity contribution in [3.63, 3.8) is 0 Å². The topological polar surface area (TPSA) is 85.1 Å². The number of hydrogen-bond donors (Lipinski definition) is 1. The number of nitrogens with zero attached hydrogens (tertiary/aromatic N) is 2. The maximum atomic E-state index is 12.5. The van der Waals surface area contributed by atoms with Crippen molar-refractivity contribution in [2.45, 2.75) is 78.0 Å². The first-order valence-corrected chi connectivity index (χ1v) is 9.10. The molecule has 7 heteroatoms. The predicted molar refractivity (Wildman–Crippen MR) is 97.4 cm³/mol. The molecule has 2 N–H and O–H groups in total. The fraction of sp³-hybridized carbons (Fsp3) is 0.889. The highest BCUT2D eigenvalue weighted by atomic mass is 16.6. The minimum atomic E-state index is -0.548. The predicted octanol–water partition coefficient (Wildman–Crippen LogP) is 2.97. The second-order valence-electron chi connectivity index (χ2n) is 8.54. The molecule has 1 unspecified atom stereocenters. The summed E-state index contributed by atoms with van der Waals surface area (Å²) in [6, 6.07) is -0.0276. The molecule has 1 saturated heterocycles. The fourth-order valence-corrected chi connectivity index (χ4v) is 2.48. The molecule has 1 aliphatic heterocycles. The van der Waals surface area contributed by atoms with Crippen molar-refractivity contribution >= 4 is 12.2 Å². The summed E-state index contributed by atoms with van der Waals surface area (Å²) in [5.74, 6) is 0. The Bertz CT molecular complexity index is 454. The highest BCUT2D eigenvalue weighted by Crippen LogP contribution is 2.23. The zero-order valence-electron chi connectivity index (χ0n) is 16.6. The van der Waals surface area contributed by atoms with Crippen LogP contribution in [0.4, 0.5) is 9.59 Å². The smallest absolute Gasteiger partial charge is 0.410 e. The number of hydrogen-bond acceptors (Lipinski definition) is 5. The van der Waals surface area contributed by atoms with Crippen molar-refractivity contribution in [3.05, 3.63) is 0 Å². The van der Waals surface area contributed by atoms with E-state index in [0.717, 1.165) is 19.3 Å². The van der Waals surface area contributed by atoms with Crippen LogP contribution < -0.4 is 5.73 Å². The van der Waals surface area contributed by atoms with Gasteiger partial charge in [-0.15, -0.1) is 0 Å². The molecule has 0 aromatic carbocycles. The third-order valence-corrected chi connectivity index (χ3v) is 3.74. The van der Waals surface area contributed by atoms with Crippen LogP contribution in [0, 0.1) is 0 Å².